The lowest BCUT2D eigenvalue weighted by molar-refractivity contribution is -0.114. The molecule has 0 aliphatic rings. The lowest BCUT2D eigenvalue weighted by Crippen LogP contribution is -2.15. The van der Waals surface area contributed by atoms with Crippen molar-refractivity contribution in [1.29, 1.82) is 0 Å². The van der Waals surface area contributed by atoms with Crippen molar-refractivity contribution < 1.29 is 4.79 Å². The van der Waals surface area contributed by atoms with Crippen molar-refractivity contribution in [2.24, 2.45) is 0 Å². The second kappa shape index (κ2) is 8.99. The summed E-state index contributed by atoms with van der Waals surface area (Å²) in [5.74, 6) is 2.04. The van der Waals surface area contributed by atoms with Crippen LogP contribution in [0.5, 0.6) is 0 Å². The van der Waals surface area contributed by atoms with E-state index in [1.165, 1.54) is 6.92 Å². The van der Waals surface area contributed by atoms with Gasteiger partial charge < -0.3 is 16.0 Å². The van der Waals surface area contributed by atoms with Crippen LogP contribution in [0, 0.1) is 0 Å². The van der Waals surface area contributed by atoms with Crippen molar-refractivity contribution in [2.45, 2.75) is 33.2 Å². The summed E-state index contributed by atoms with van der Waals surface area (Å²) in [5, 5.41) is 9.50. The highest BCUT2D eigenvalue weighted by Crippen LogP contribution is 2.24. The van der Waals surface area contributed by atoms with Gasteiger partial charge in [0.2, 0.25) is 5.91 Å². The van der Waals surface area contributed by atoms with E-state index >= 15 is 0 Å². The van der Waals surface area contributed by atoms with Gasteiger partial charge in [0.15, 0.2) is 5.82 Å². The van der Waals surface area contributed by atoms with E-state index in [1.807, 2.05) is 60.7 Å². The smallest absolute Gasteiger partial charge is 0.221 e. The number of nitrogens with one attached hydrogen (secondary N) is 3. The fourth-order valence-corrected chi connectivity index (χ4v) is 2.64. The van der Waals surface area contributed by atoms with Gasteiger partial charge in [-0.25, -0.2) is 9.97 Å². The topological polar surface area (TPSA) is 78.9 Å². The summed E-state index contributed by atoms with van der Waals surface area (Å²) < 4.78 is 0. The number of amides is 1. The highest BCUT2D eigenvalue weighted by molar-refractivity contribution is 5.88. The fraction of sp³-hybridized carbons (Fsp3) is 0.227. The number of carbonyl (C=O) groups excluding carboxylic acids is 1. The Morgan fingerprint density at radius 2 is 1.61 bits per heavy atom. The van der Waals surface area contributed by atoms with Gasteiger partial charge >= 0.3 is 0 Å². The summed E-state index contributed by atoms with van der Waals surface area (Å²) in [6, 6.07) is 19.6. The minimum atomic E-state index is -0.0928. The SMILES string of the molecule is CCC(C)Nc1cc(Nc2ccc(NC(C)=O)cc2)nc(-c2ccccc2)n1. The van der Waals surface area contributed by atoms with Gasteiger partial charge in [0.1, 0.15) is 11.6 Å². The van der Waals surface area contributed by atoms with E-state index in [0.29, 0.717) is 17.7 Å². The summed E-state index contributed by atoms with van der Waals surface area (Å²) in [6.45, 7) is 5.74. The van der Waals surface area contributed by atoms with Crippen LogP contribution in [0.15, 0.2) is 60.7 Å². The van der Waals surface area contributed by atoms with Crippen molar-refractivity contribution >= 4 is 28.9 Å². The van der Waals surface area contributed by atoms with E-state index in [2.05, 4.69) is 39.8 Å². The molecule has 3 N–H and O–H groups in total. The maximum atomic E-state index is 11.2. The van der Waals surface area contributed by atoms with Crippen LogP contribution in [-0.4, -0.2) is 21.9 Å². The summed E-state index contributed by atoms with van der Waals surface area (Å²) in [6.07, 6.45) is 0.998. The van der Waals surface area contributed by atoms with Crippen molar-refractivity contribution in [2.75, 3.05) is 16.0 Å². The van der Waals surface area contributed by atoms with E-state index in [-0.39, 0.29) is 5.91 Å². The molecule has 0 radical (unpaired) electrons. The number of hydrogen-bond donors (Lipinski definition) is 3. The molecule has 0 aliphatic carbocycles. The van der Waals surface area contributed by atoms with Gasteiger partial charge in [-0.15, -0.1) is 0 Å². The van der Waals surface area contributed by atoms with Gasteiger partial charge in [-0.05, 0) is 37.6 Å². The first-order valence-corrected chi connectivity index (χ1v) is 9.39. The molecule has 1 amide bonds. The molecule has 28 heavy (non-hydrogen) atoms. The molecule has 144 valence electrons. The summed E-state index contributed by atoms with van der Waals surface area (Å²) in [5.41, 5.74) is 2.59. The predicted octanol–water partition coefficient (Wildman–Crippen LogP) is 5.06. The molecule has 1 unspecified atom stereocenters. The lowest BCUT2D eigenvalue weighted by atomic mass is 10.2. The van der Waals surface area contributed by atoms with E-state index in [1.54, 1.807) is 0 Å². The minimum Gasteiger partial charge on any atom is -0.367 e. The van der Waals surface area contributed by atoms with E-state index in [4.69, 9.17) is 0 Å². The third-order valence-corrected chi connectivity index (χ3v) is 4.24. The normalized spacial score (nSPS) is 11.5. The molecule has 6 heteroatoms. The van der Waals surface area contributed by atoms with Crippen LogP contribution in [-0.2, 0) is 4.79 Å². The fourth-order valence-electron chi connectivity index (χ4n) is 2.64. The molecule has 6 nitrogen and oxygen atoms in total. The predicted molar refractivity (Wildman–Crippen MR) is 115 cm³/mol. The molecule has 2 aromatic carbocycles. The van der Waals surface area contributed by atoms with E-state index in [0.717, 1.165) is 29.2 Å². The standard InChI is InChI=1S/C22H25N5O/c1-4-15(2)23-20-14-21(27-22(26-20)17-8-6-5-7-9-17)25-19-12-10-18(11-13-19)24-16(3)28/h5-15H,4H2,1-3H3,(H,24,28)(H2,23,25,26,27). The first-order chi connectivity index (χ1) is 13.5. The zero-order valence-electron chi connectivity index (χ0n) is 16.4. The van der Waals surface area contributed by atoms with Crippen LogP contribution in [0.25, 0.3) is 11.4 Å². The first kappa shape index (κ1) is 19.4. The van der Waals surface area contributed by atoms with Gasteiger partial charge in [0.05, 0.1) is 0 Å². The number of benzene rings is 2. The average Bonchev–Trinajstić information content (AvgIpc) is 2.69. The maximum Gasteiger partial charge on any atom is 0.221 e. The number of carbonyl (C=O) groups is 1. The van der Waals surface area contributed by atoms with Crippen LogP contribution >= 0.6 is 0 Å². The monoisotopic (exact) mass is 375 g/mol. The Labute approximate surface area is 165 Å². The van der Waals surface area contributed by atoms with Crippen molar-refractivity contribution in [3.63, 3.8) is 0 Å². The minimum absolute atomic E-state index is 0.0928. The van der Waals surface area contributed by atoms with Crippen molar-refractivity contribution in [1.82, 2.24) is 9.97 Å². The molecule has 3 aromatic rings. The largest absolute Gasteiger partial charge is 0.367 e. The zero-order valence-corrected chi connectivity index (χ0v) is 16.4. The van der Waals surface area contributed by atoms with Crippen LogP contribution in [0.1, 0.15) is 27.2 Å². The first-order valence-electron chi connectivity index (χ1n) is 9.39. The molecule has 1 heterocycles. The number of rotatable bonds is 7. The van der Waals surface area contributed by atoms with Crippen molar-refractivity contribution in [3.05, 3.63) is 60.7 Å². The summed E-state index contributed by atoms with van der Waals surface area (Å²) in [4.78, 5) is 20.5. The Kier molecular flexibility index (Phi) is 6.22. The molecule has 0 aliphatic heterocycles. The molecule has 3 rings (SSSR count). The second-order valence-corrected chi connectivity index (χ2v) is 6.67. The Balaban J connectivity index is 1.88. The number of anilines is 4. The third-order valence-electron chi connectivity index (χ3n) is 4.24. The Morgan fingerprint density at radius 3 is 2.25 bits per heavy atom. The second-order valence-electron chi connectivity index (χ2n) is 6.67. The average molecular weight is 375 g/mol. The van der Waals surface area contributed by atoms with Gasteiger partial charge in [-0.1, -0.05) is 37.3 Å². The molecule has 0 spiro atoms. The number of hydrogen-bond acceptors (Lipinski definition) is 5. The maximum absolute atomic E-state index is 11.2. The Morgan fingerprint density at radius 1 is 0.964 bits per heavy atom. The molecule has 1 aromatic heterocycles. The number of nitrogens with zero attached hydrogens (tertiary/aromatic N) is 2. The van der Waals surface area contributed by atoms with E-state index < -0.39 is 0 Å². The third kappa shape index (κ3) is 5.30. The Bertz CT molecular complexity index is 925. The van der Waals surface area contributed by atoms with E-state index in [9.17, 15) is 4.79 Å². The molecular formula is C22H25N5O. The quantitative estimate of drug-likeness (QED) is 0.538. The highest BCUT2D eigenvalue weighted by atomic mass is 16.1. The van der Waals surface area contributed by atoms with Crippen molar-refractivity contribution in [3.8, 4) is 11.4 Å². The van der Waals surface area contributed by atoms with Crippen LogP contribution in [0.3, 0.4) is 0 Å². The van der Waals surface area contributed by atoms with Crippen LogP contribution in [0.2, 0.25) is 0 Å². The zero-order chi connectivity index (χ0) is 19.9. The van der Waals surface area contributed by atoms with Gasteiger partial charge in [-0.3, -0.25) is 4.79 Å². The molecule has 0 saturated carbocycles. The molecule has 0 saturated heterocycles. The number of aromatic nitrogens is 2. The molecule has 1 atom stereocenters. The molecular weight excluding hydrogens is 350 g/mol. The van der Waals surface area contributed by atoms with Crippen LogP contribution < -0.4 is 16.0 Å². The van der Waals surface area contributed by atoms with Gasteiger partial charge in [0.25, 0.3) is 0 Å². The Hall–Kier alpha value is -3.41. The van der Waals surface area contributed by atoms with Gasteiger partial charge in [-0.2, -0.15) is 0 Å². The highest BCUT2D eigenvalue weighted by Gasteiger charge is 2.09. The summed E-state index contributed by atoms with van der Waals surface area (Å²) in [7, 11) is 0. The summed E-state index contributed by atoms with van der Waals surface area (Å²) >= 11 is 0. The van der Waals surface area contributed by atoms with Crippen LogP contribution in [0.4, 0.5) is 23.0 Å². The van der Waals surface area contributed by atoms with Gasteiger partial charge in [0, 0.05) is 36.0 Å². The lowest BCUT2D eigenvalue weighted by Gasteiger charge is -2.15. The molecule has 0 bridgehead atoms. The molecule has 0 fully saturated rings.